The van der Waals surface area contributed by atoms with Crippen molar-refractivity contribution >= 4 is 5.97 Å². The minimum absolute atomic E-state index is 0.0752. The molecule has 0 bridgehead atoms. The lowest BCUT2D eigenvalue weighted by Gasteiger charge is -2.10. The number of carbonyl (C=O) groups excluding carboxylic acids is 1. The first kappa shape index (κ1) is 16.5. The van der Waals surface area contributed by atoms with Crippen molar-refractivity contribution in [2.45, 2.75) is 72.1 Å². The summed E-state index contributed by atoms with van der Waals surface area (Å²) in [6.07, 6.45) is 9.53. The summed E-state index contributed by atoms with van der Waals surface area (Å²) in [6.45, 7) is 6.81. The lowest BCUT2D eigenvalue weighted by Crippen LogP contribution is -2.04. The Hall–Kier alpha value is -0.530. The van der Waals surface area contributed by atoms with Gasteiger partial charge in [0.2, 0.25) is 0 Å². The Balaban J connectivity index is 3.27. The highest BCUT2D eigenvalue weighted by atomic mass is 16.5. The van der Waals surface area contributed by atoms with Crippen molar-refractivity contribution in [2.24, 2.45) is 11.8 Å². The third-order valence-corrected chi connectivity index (χ3v) is 3.30. The van der Waals surface area contributed by atoms with E-state index in [1.807, 2.05) is 0 Å². The van der Waals surface area contributed by atoms with E-state index in [9.17, 15) is 4.79 Å². The second-order valence-electron chi connectivity index (χ2n) is 5.61. The number of hydrogen-bond acceptors (Lipinski definition) is 2. The molecule has 0 spiro atoms. The van der Waals surface area contributed by atoms with E-state index >= 15 is 0 Å². The van der Waals surface area contributed by atoms with Gasteiger partial charge in [0.05, 0.1) is 7.11 Å². The van der Waals surface area contributed by atoms with Gasteiger partial charge in [0.15, 0.2) is 0 Å². The Morgan fingerprint density at radius 1 is 0.941 bits per heavy atom. The van der Waals surface area contributed by atoms with Crippen molar-refractivity contribution in [2.75, 3.05) is 7.11 Å². The Morgan fingerprint density at radius 2 is 1.53 bits per heavy atom. The summed E-state index contributed by atoms with van der Waals surface area (Å²) in [5.41, 5.74) is 0. The van der Waals surface area contributed by atoms with E-state index < -0.39 is 0 Å². The maximum Gasteiger partial charge on any atom is 0.305 e. The van der Waals surface area contributed by atoms with Crippen LogP contribution in [0.15, 0.2) is 0 Å². The fourth-order valence-electron chi connectivity index (χ4n) is 2.01. The number of ether oxygens (including phenoxy) is 1. The first-order valence-electron chi connectivity index (χ1n) is 7.13. The number of unbranched alkanes of at least 4 members (excludes halogenated alkanes) is 3. The number of hydrogen-bond donors (Lipinski definition) is 0. The van der Waals surface area contributed by atoms with Crippen molar-refractivity contribution in [3.8, 4) is 0 Å². The first-order chi connectivity index (χ1) is 8.06. The van der Waals surface area contributed by atoms with Gasteiger partial charge in [0, 0.05) is 6.42 Å². The fourth-order valence-corrected chi connectivity index (χ4v) is 2.01. The van der Waals surface area contributed by atoms with Crippen molar-refractivity contribution < 1.29 is 9.53 Å². The van der Waals surface area contributed by atoms with Gasteiger partial charge in [0.25, 0.3) is 0 Å². The van der Waals surface area contributed by atoms with Crippen LogP contribution in [0.4, 0.5) is 0 Å². The molecule has 0 rings (SSSR count). The Kier molecular flexibility index (Phi) is 10.3. The largest absolute Gasteiger partial charge is 0.469 e. The fraction of sp³-hybridized carbons (Fsp3) is 0.933. The second kappa shape index (κ2) is 10.6. The van der Waals surface area contributed by atoms with E-state index in [1.54, 1.807) is 0 Å². The molecule has 0 N–H and O–H groups in total. The lowest BCUT2D eigenvalue weighted by atomic mass is 9.97. The SMILES string of the molecule is COC(=O)CCC(C)CCCCCCC(C)C. The quantitative estimate of drug-likeness (QED) is 0.414. The van der Waals surface area contributed by atoms with Crippen LogP contribution in [0.2, 0.25) is 0 Å². The average Bonchev–Trinajstić information content (AvgIpc) is 2.30. The van der Waals surface area contributed by atoms with E-state index in [0.29, 0.717) is 12.3 Å². The van der Waals surface area contributed by atoms with Crippen molar-refractivity contribution in [3.05, 3.63) is 0 Å². The minimum atomic E-state index is -0.0752. The predicted octanol–water partition coefficient (Wildman–Crippen LogP) is 4.57. The van der Waals surface area contributed by atoms with Crippen LogP contribution >= 0.6 is 0 Å². The second-order valence-corrected chi connectivity index (χ2v) is 5.61. The molecule has 1 atom stereocenters. The average molecular weight is 242 g/mol. The van der Waals surface area contributed by atoms with Crippen LogP contribution in [0.5, 0.6) is 0 Å². The summed E-state index contributed by atoms with van der Waals surface area (Å²) >= 11 is 0. The Morgan fingerprint density at radius 3 is 2.06 bits per heavy atom. The molecule has 0 aliphatic carbocycles. The summed E-state index contributed by atoms with van der Waals surface area (Å²) in [5.74, 6) is 1.42. The highest BCUT2D eigenvalue weighted by Gasteiger charge is 2.06. The normalized spacial score (nSPS) is 12.8. The zero-order valence-corrected chi connectivity index (χ0v) is 12.1. The predicted molar refractivity (Wildman–Crippen MR) is 73.0 cm³/mol. The molecule has 0 aromatic carbocycles. The molecule has 0 amide bonds. The highest BCUT2D eigenvalue weighted by molar-refractivity contribution is 5.69. The minimum Gasteiger partial charge on any atom is -0.469 e. The van der Waals surface area contributed by atoms with Crippen molar-refractivity contribution in [3.63, 3.8) is 0 Å². The molecule has 0 saturated heterocycles. The summed E-state index contributed by atoms with van der Waals surface area (Å²) in [4.78, 5) is 11.0. The topological polar surface area (TPSA) is 26.3 Å². The molecule has 0 aliphatic heterocycles. The third kappa shape index (κ3) is 11.7. The molecule has 0 heterocycles. The zero-order chi connectivity index (χ0) is 13.1. The molecular formula is C15H30O2. The Bertz CT molecular complexity index is 187. The summed E-state index contributed by atoms with van der Waals surface area (Å²) in [6, 6.07) is 0. The molecule has 1 unspecified atom stereocenters. The van der Waals surface area contributed by atoms with E-state index in [1.165, 1.54) is 45.6 Å². The van der Waals surface area contributed by atoms with Crippen LogP contribution in [-0.2, 0) is 9.53 Å². The molecule has 0 fully saturated rings. The molecule has 0 saturated carbocycles. The maximum atomic E-state index is 11.0. The summed E-state index contributed by atoms with van der Waals surface area (Å²) in [7, 11) is 1.46. The van der Waals surface area contributed by atoms with Crippen LogP contribution in [0, 0.1) is 11.8 Å². The highest BCUT2D eigenvalue weighted by Crippen LogP contribution is 2.17. The monoisotopic (exact) mass is 242 g/mol. The van der Waals surface area contributed by atoms with Crippen LogP contribution in [-0.4, -0.2) is 13.1 Å². The standard InChI is InChI=1S/C15H30O2/c1-13(2)9-7-5-6-8-10-14(3)11-12-15(16)17-4/h13-14H,5-12H2,1-4H3. The van der Waals surface area contributed by atoms with Gasteiger partial charge in [-0.25, -0.2) is 0 Å². The van der Waals surface area contributed by atoms with Gasteiger partial charge < -0.3 is 4.74 Å². The first-order valence-corrected chi connectivity index (χ1v) is 7.13. The van der Waals surface area contributed by atoms with Gasteiger partial charge in [0.1, 0.15) is 0 Å². The van der Waals surface area contributed by atoms with E-state index in [4.69, 9.17) is 0 Å². The van der Waals surface area contributed by atoms with Gasteiger partial charge in [-0.05, 0) is 18.3 Å². The molecule has 2 nitrogen and oxygen atoms in total. The van der Waals surface area contributed by atoms with Crippen LogP contribution in [0.25, 0.3) is 0 Å². The molecular weight excluding hydrogens is 212 g/mol. The van der Waals surface area contributed by atoms with Crippen molar-refractivity contribution in [1.82, 2.24) is 0 Å². The molecule has 2 heteroatoms. The molecule has 0 aromatic heterocycles. The van der Waals surface area contributed by atoms with Gasteiger partial charge in [-0.15, -0.1) is 0 Å². The van der Waals surface area contributed by atoms with Gasteiger partial charge >= 0.3 is 5.97 Å². The zero-order valence-electron chi connectivity index (χ0n) is 12.1. The molecule has 17 heavy (non-hydrogen) atoms. The summed E-state index contributed by atoms with van der Waals surface area (Å²) in [5, 5.41) is 0. The lowest BCUT2D eigenvalue weighted by molar-refractivity contribution is -0.140. The van der Waals surface area contributed by atoms with Crippen molar-refractivity contribution in [1.29, 1.82) is 0 Å². The van der Waals surface area contributed by atoms with Crippen LogP contribution in [0.1, 0.15) is 72.1 Å². The van der Waals surface area contributed by atoms with Gasteiger partial charge in [-0.2, -0.15) is 0 Å². The molecule has 0 aromatic rings. The van der Waals surface area contributed by atoms with Crippen LogP contribution < -0.4 is 0 Å². The van der Waals surface area contributed by atoms with Gasteiger partial charge in [-0.3, -0.25) is 4.79 Å². The smallest absolute Gasteiger partial charge is 0.305 e. The maximum absolute atomic E-state index is 11.0. The molecule has 102 valence electrons. The van der Waals surface area contributed by atoms with Gasteiger partial charge in [-0.1, -0.05) is 59.3 Å². The van der Waals surface area contributed by atoms with E-state index in [0.717, 1.165) is 12.3 Å². The van der Waals surface area contributed by atoms with E-state index in [-0.39, 0.29) is 5.97 Å². The third-order valence-electron chi connectivity index (χ3n) is 3.30. The summed E-state index contributed by atoms with van der Waals surface area (Å²) < 4.78 is 4.64. The number of methoxy groups -OCH3 is 1. The number of carbonyl (C=O) groups is 1. The molecule has 0 radical (unpaired) electrons. The van der Waals surface area contributed by atoms with E-state index in [2.05, 4.69) is 25.5 Å². The number of esters is 1. The number of rotatable bonds is 10. The molecule has 0 aliphatic rings. The van der Waals surface area contributed by atoms with Crippen LogP contribution in [0.3, 0.4) is 0 Å². The Labute approximate surface area is 107 Å².